The van der Waals surface area contributed by atoms with E-state index in [0.29, 0.717) is 36.9 Å². The maximum Gasteiger partial charge on any atom is 0.269 e. The van der Waals surface area contributed by atoms with E-state index in [9.17, 15) is 13.2 Å². The first-order valence-corrected chi connectivity index (χ1v) is 11.3. The fourth-order valence-electron chi connectivity index (χ4n) is 3.14. The molecule has 0 aromatic heterocycles. The topological polar surface area (TPSA) is 94.2 Å². The van der Waals surface area contributed by atoms with Gasteiger partial charge >= 0.3 is 0 Å². The van der Waals surface area contributed by atoms with Crippen molar-refractivity contribution in [2.75, 3.05) is 31.6 Å². The molecule has 1 atom stereocenters. The standard InChI is InChI=1S/C21H26N2O6S/c1-4-23(5-2)30(25,26)20-13-15(11-12-18(20)27-6-3)22-21(24)19-14-28-16-9-7-8-10-17(16)29-19/h7-13,19H,4-6,14H2,1-3H3,(H,22,24). The summed E-state index contributed by atoms with van der Waals surface area (Å²) in [5.41, 5.74) is 0.330. The quantitative estimate of drug-likeness (QED) is 0.687. The summed E-state index contributed by atoms with van der Waals surface area (Å²) >= 11 is 0. The summed E-state index contributed by atoms with van der Waals surface area (Å²) in [4.78, 5) is 12.7. The minimum atomic E-state index is -3.78. The lowest BCUT2D eigenvalue weighted by atomic mass is 10.2. The van der Waals surface area contributed by atoms with Gasteiger partial charge in [-0.05, 0) is 37.3 Å². The third-order valence-corrected chi connectivity index (χ3v) is 6.71. The SMILES string of the molecule is CCOc1ccc(NC(=O)C2COc3ccccc3O2)cc1S(=O)(=O)N(CC)CC. The highest BCUT2D eigenvalue weighted by atomic mass is 32.2. The van der Waals surface area contributed by atoms with Gasteiger partial charge in [0.25, 0.3) is 5.91 Å². The van der Waals surface area contributed by atoms with Crippen molar-refractivity contribution in [2.24, 2.45) is 0 Å². The first-order valence-electron chi connectivity index (χ1n) is 9.87. The van der Waals surface area contributed by atoms with E-state index in [-0.39, 0.29) is 17.3 Å². The Morgan fingerprint density at radius 2 is 1.83 bits per heavy atom. The zero-order chi connectivity index (χ0) is 21.7. The highest BCUT2D eigenvalue weighted by Crippen LogP contribution is 2.32. The van der Waals surface area contributed by atoms with Gasteiger partial charge in [-0.1, -0.05) is 26.0 Å². The number of amides is 1. The zero-order valence-corrected chi connectivity index (χ0v) is 18.1. The summed E-state index contributed by atoms with van der Waals surface area (Å²) in [6, 6.07) is 11.7. The van der Waals surface area contributed by atoms with Gasteiger partial charge in [0.15, 0.2) is 11.5 Å². The molecule has 1 amide bonds. The van der Waals surface area contributed by atoms with Gasteiger partial charge in [0.1, 0.15) is 17.3 Å². The zero-order valence-electron chi connectivity index (χ0n) is 17.3. The molecule has 0 saturated heterocycles. The molecule has 8 nitrogen and oxygen atoms in total. The monoisotopic (exact) mass is 434 g/mol. The van der Waals surface area contributed by atoms with Crippen LogP contribution in [-0.2, 0) is 14.8 Å². The summed E-state index contributed by atoms with van der Waals surface area (Å²) in [7, 11) is -3.78. The molecule has 2 aromatic carbocycles. The Hall–Kier alpha value is -2.78. The maximum absolute atomic E-state index is 13.1. The number of para-hydroxylation sites is 2. The largest absolute Gasteiger partial charge is 0.492 e. The number of fused-ring (bicyclic) bond motifs is 1. The van der Waals surface area contributed by atoms with Crippen LogP contribution in [0.2, 0.25) is 0 Å². The van der Waals surface area contributed by atoms with Crippen LogP contribution in [0.3, 0.4) is 0 Å². The van der Waals surface area contributed by atoms with Crippen LogP contribution < -0.4 is 19.5 Å². The molecule has 162 valence electrons. The average molecular weight is 435 g/mol. The predicted octanol–water partition coefficient (Wildman–Crippen LogP) is 2.89. The lowest BCUT2D eigenvalue weighted by Gasteiger charge is -2.26. The summed E-state index contributed by atoms with van der Waals surface area (Å²) in [5.74, 6) is 0.879. The number of anilines is 1. The number of hydrogen-bond acceptors (Lipinski definition) is 6. The van der Waals surface area contributed by atoms with Crippen LogP contribution in [0.1, 0.15) is 20.8 Å². The van der Waals surface area contributed by atoms with Crippen molar-refractivity contribution >= 4 is 21.6 Å². The second-order valence-corrected chi connectivity index (χ2v) is 8.44. The molecule has 1 unspecified atom stereocenters. The molecule has 0 radical (unpaired) electrons. The van der Waals surface area contributed by atoms with Gasteiger partial charge in [-0.3, -0.25) is 4.79 Å². The Kier molecular flexibility index (Phi) is 6.84. The van der Waals surface area contributed by atoms with Crippen molar-refractivity contribution in [3.8, 4) is 17.2 Å². The summed E-state index contributed by atoms with van der Waals surface area (Å²) in [6.45, 7) is 6.35. The number of carbonyl (C=O) groups excluding carboxylic acids is 1. The first-order chi connectivity index (χ1) is 14.4. The van der Waals surface area contributed by atoms with Gasteiger partial charge in [-0.2, -0.15) is 4.31 Å². The normalized spacial score (nSPS) is 15.7. The van der Waals surface area contributed by atoms with Crippen LogP contribution in [0.15, 0.2) is 47.4 Å². The Labute approximate surface area is 176 Å². The van der Waals surface area contributed by atoms with Crippen molar-refractivity contribution in [1.29, 1.82) is 0 Å². The molecule has 0 aliphatic carbocycles. The average Bonchev–Trinajstić information content (AvgIpc) is 2.75. The third kappa shape index (κ3) is 4.52. The van der Waals surface area contributed by atoms with Gasteiger partial charge in [-0.25, -0.2) is 8.42 Å². The van der Waals surface area contributed by atoms with Gasteiger partial charge < -0.3 is 19.5 Å². The summed E-state index contributed by atoms with van der Waals surface area (Å²) in [5, 5.41) is 2.72. The fraction of sp³-hybridized carbons (Fsp3) is 0.381. The van der Waals surface area contributed by atoms with E-state index in [1.165, 1.54) is 10.4 Å². The molecule has 0 saturated carbocycles. The van der Waals surface area contributed by atoms with Crippen molar-refractivity contribution in [3.05, 3.63) is 42.5 Å². The Morgan fingerprint density at radius 3 is 2.50 bits per heavy atom. The fourth-order valence-corrected chi connectivity index (χ4v) is 4.75. The van der Waals surface area contributed by atoms with Crippen LogP contribution in [0.4, 0.5) is 5.69 Å². The summed E-state index contributed by atoms with van der Waals surface area (Å²) in [6.07, 6.45) is -0.852. The van der Waals surface area contributed by atoms with Crippen LogP contribution >= 0.6 is 0 Å². The maximum atomic E-state index is 13.1. The van der Waals surface area contributed by atoms with Crippen LogP contribution in [0, 0.1) is 0 Å². The molecule has 2 aromatic rings. The molecule has 1 heterocycles. The van der Waals surface area contributed by atoms with Crippen LogP contribution in [0.25, 0.3) is 0 Å². The number of rotatable bonds is 8. The molecule has 9 heteroatoms. The number of ether oxygens (including phenoxy) is 3. The lowest BCUT2D eigenvalue weighted by molar-refractivity contribution is -0.125. The molecule has 30 heavy (non-hydrogen) atoms. The Bertz CT molecular complexity index is 1000. The second-order valence-electron chi connectivity index (χ2n) is 6.54. The van der Waals surface area contributed by atoms with Crippen molar-refractivity contribution in [1.82, 2.24) is 4.31 Å². The van der Waals surface area contributed by atoms with Crippen molar-refractivity contribution in [2.45, 2.75) is 31.8 Å². The van der Waals surface area contributed by atoms with Gasteiger partial charge in [0.05, 0.1) is 6.61 Å². The highest BCUT2D eigenvalue weighted by molar-refractivity contribution is 7.89. The number of hydrogen-bond donors (Lipinski definition) is 1. The summed E-state index contributed by atoms with van der Waals surface area (Å²) < 4.78 is 44.3. The molecule has 1 aliphatic rings. The number of nitrogens with one attached hydrogen (secondary N) is 1. The smallest absolute Gasteiger partial charge is 0.269 e. The first kappa shape index (κ1) is 21.9. The van der Waals surface area contributed by atoms with Crippen molar-refractivity contribution in [3.63, 3.8) is 0 Å². The van der Waals surface area contributed by atoms with Crippen LogP contribution in [-0.4, -0.2) is 51.0 Å². The molecular formula is C21H26N2O6S. The van der Waals surface area contributed by atoms with E-state index in [1.807, 2.05) is 6.07 Å². The third-order valence-electron chi connectivity index (χ3n) is 4.64. The van der Waals surface area contributed by atoms with E-state index < -0.39 is 22.0 Å². The Balaban J connectivity index is 1.84. The van der Waals surface area contributed by atoms with Crippen molar-refractivity contribution < 1.29 is 27.4 Å². The van der Waals surface area contributed by atoms with Gasteiger partial charge in [-0.15, -0.1) is 0 Å². The molecule has 0 spiro atoms. The van der Waals surface area contributed by atoms with Gasteiger partial charge in [0.2, 0.25) is 16.1 Å². The van der Waals surface area contributed by atoms with Gasteiger partial charge in [0, 0.05) is 18.8 Å². The minimum Gasteiger partial charge on any atom is -0.492 e. The van der Waals surface area contributed by atoms with E-state index >= 15 is 0 Å². The molecule has 1 aliphatic heterocycles. The van der Waals surface area contributed by atoms with E-state index in [0.717, 1.165) is 0 Å². The number of benzene rings is 2. The molecular weight excluding hydrogens is 408 g/mol. The predicted molar refractivity (Wildman–Crippen MR) is 113 cm³/mol. The van der Waals surface area contributed by atoms with E-state index in [4.69, 9.17) is 14.2 Å². The number of carbonyl (C=O) groups is 1. The Morgan fingerprint density at radius 1 is 1.13 bits per heavy atom. The van der Waals surface area contributed by atoms with Crippen LogP contribution in [0.5, 0.6) is 17.2 Å². The molecule has 3 rings (SSSR count). The molecule has 0 fully saturated rings. The second kappa shape index (κ2) is 9.36. The minimum absolute atomic E-state index is 0.0111. The van der Waals surface area contributed by atoms with E-state index in [2.05, 4.69) is 5.32 Å². The van der Waals surface area contributed by atoms with E-state index in [1.54, 1.807) is 51.1 Å². The number of nitrogens with zero attached hydrogens (tertiary/aromatic N) is 1. The number of sulfonamides is 1. The molecule has 0 bridgehead atoms. The highest BCUT2D eigenvalue weighted by Gasteiger charge is 2.29. The molecule has 1 N–H and O–H groups in total. The lowest BCUT2D eigenvalue weighted by Crippen LogP contribution is -2.40.